The van der Waals surface area contributed by atoms with Crippen LogP contribution in [0, 0.1) is 17.2 Å². The lowest BCUT2D eigenvalue weighted by Gasteiger charge is -2.23. The van der Waals surface area contributed by atoms with Gasteiger partial charge in [-0.15, -0.1) is 12.4 Å². The normalized spacial score (nSPS) is 27.5. The summed E-state index contributed by atoms with van der Waals surface area (Å²) in [6.45, 7) is 2.05. The van der Waals surface area contributed by atoms with E-state index in [1.165, 1.54) is 6.07 Å². The van der Waals surface area contributed by atoms with Gasteiger partial charge < -0.3 is 10.0 Å². The molecule has 0 spiro atoms. The van der Waals surface area contributed by atoms with Gasteiger partial charge in [-0.3, -0.25) is 4.79 Å². The predicted octanol–water partition coefficient (Wildman–Crippen LogP) is 3.63. The number of halogens is 3. The molecule has 1 saturated heterocycles. The Labute approximate surface area is 140 Å². The summed E-state index contributed by atoms with van der Waals surface area (Å²) >= 11 is 6.04. The van der Waals surface area contributed by atoms with Gasteiger partial charge in [-0.25, -0.2) is 4.39 Å². The molecule has 0 aromatic heterocycles. The second kappa shape index (κ2) is 6.73. The molecule has 6 heteroatoms. The topological polar surface area (TPSA) is 40.5 Å². The SMILES string of the molecule is Cl.O=C(O)[C@@]12CCC[C@H]1CN(CCc1c(F)cccc1Cl)C2. The fraction of sp³-hybridized carbons (Fsp3) is 0.562. The van der Waals surface area contributed by atoms with Crippen LogP contribution in [-0.4, -0.2) is 35.6 Å². The molecule has 0 radical (unpaired) electrons. The number of carboxylic acids is 1. The van der Waals surface area contributed by atoms with Crippen molar-refractivity contribution in [1.82, 2.24) is 4.90 Å². The Hall–Kier alpha value is -0.840. The van der Waals surface area contributed by atoms with Crippen molar-refractivity contribution in [1.29, 1.82) is 0 Å². The van der Waals surface area contributed by atoms with Gasteiger partial charge in [0.05, 0.1) is 5.41 Å². The van der Waals surface area contributed by atoms with Crippen LogP contribution in [0.3, 0.4) is 0 Å². The number of rotatable bonds is 4. The van der Waals surface area contributed by atoms with Gasteiger partial charge >= 0.3 is 5.97 Å². The Morgan fingerprint density at radius 3 is 2.91 bits per heavy atom. The van der Waals surface area contributed by atoms with E-state index in [9.17, 15) is 14.3 Å². The maximum atomic E-state index is 13.8. The molecule has 1 heterocycles. The van der Waals surface area contributed by atoms with Gasteiger partial charge in [0.1, 0.15) is 5.82 Å². The highest BCUT2D eigenvalue weighted by molar-refractivity contribution is 6.31. The van der Waals surface area contributed by atoms with E-state index in [1.54, 1.807) is 12.1 Å². The zero-order valence-corrected chi connectivity index (χ0v) is 13.8. The lowest BCUT2D eigenvalue weighted by atomic mass is 9.81. The zero-order valence-electron chi connectivity index (χ0n) is 12.2. The van der Waals surface area contributed by atoms with E-state index in [1.807, 2.05) is 0 Å². The van der Waals surface area contributed by atoms with Crippen molar-refractivity contribution in [3.8, 4) is 0 Å². The molecule has 3 rings (SSSR count). The Bertz CT molecular complexity index is 549. The first kappa shape index (κ1) is 17.5. The van der Waals surface area contributed by atoms with Crippen LogP contribution in [0.1, 0.15) is 24.8 Å². The van der Waals surface area contributed by atoms with Crippen LogP contribution in [0.15, 0.2) is 18.2 Å². The Balaban J connectivity index is 0.00000176. The minimum Gasteiger partial charge on any atom is -0.481 e. The number of benzene rings is 1. The number of hydrogen-bond donors (Lipinski definition) is 1. The van der Waals surface area contributed by atoms with Crippen LogP contribution in [0.4, 0.5) is 4.39 Å². The number of hydrogen-bond acceptors (Lipinski definition) is 2. The second-order valence-corrected chi connectivity index (χ2v) is 6.64. The summed E-state index contributed by atoms with van der Waals surface area (Å²) in [6, 6.07) is 4.71. The van der Waals surface area contributed by atoms with E-state index in [-0.39, 0.29) is 24.1 Å². The maximum Gasteiger partial charge on any atom is 0.311 e. The maximum absolute atomic E-state index is 13.8. The molecule has 1 saturated carbocycles. The van der Waals surface area contributed by atoms with Crippen molar-refractivity contribution in [2.75, 3.05) is 19.6 Å². The van der Waals surface area contributed by atoms with Gasteiger partial charge in [-0.1, -0.05) is 24.1 Å². The minimum atomic E-state index is -0.670. The third-order valence-corrected chi connectivity index (χ3v) is 5.46. The lowest BCUT2D eigenvalue weighted by Crippen LogP contribution is -2.36. The van der Waals surface area contributed by atoms with E-state index in [2.05, 4.69) is 4.90 Å². The highest BCUT2D eigenvalue weighted by atomic mass is 35.5. The fourth-order valence-corrected chi connectivity index (χ4v) is 4.21. The van der Waals surface area contributed by atoms with E-state index in [0.717, 1.165) is 25.8 Å². The Morgan fingerprint density at radius 1 is 1.50 bits per heavy atom. The van der Waals surface area contributed by atoms with Crippen molar-refractivity contribution in [3.05, 3.63) is 34.6 Å². The molecular weight excluding hydrogens is 328 g/mol. The number of nitrogens with zero attached hydrogens (tertiary/aromatic N) is 1. The molecule has 22 heavy (non-hydrogen) atoms. The third-order valence-electron chi connectivity index (χ3n) is 5.11. The summed E-state index contributed by atoms with van der Waals surface area (Å²) in [5.41, 5.74) is -0.0421. The molecular formula is C16H20Cl2FNO2. The summed E-state index contributed by atoms with van der Waals surface area (Å²) in [4.78, 5) is 13.8. The van der Waals surface area contributed by atoms with Gasteiger partial charge in [0.2, 0.25) is 0 Å². The molecule has 0 bridgehead atoms. The molecule has 1 aliphatic carbocycles. The van der Waals surface area contributed by atoms with Crippen LogP contribution < -0.4 is 0 Å². The van der Waals surface area contributed by atoms with Gasteiger partial charge in [0, 0.05) is 30.2 Å². The second-order valence-electron chi connectivity index (χ2n) is 6.24. The lowest BCUT2D eigenvalue weighted by molar-refractivity contribution is -0.149. The minimum absolute atomic E-state index is 0. The van der Waals surface area contributed by atoms with Crippen LogP contribution in [0.25, 0.3) is 0 Å². The molecule has 2 fully saturated rings. The quantitative estimate of drug-likeness (QED) is 0.903. The molecule has 1 aliphatic heterocycles. The van der Waals surface area contributed by atoms with Crippen molar-refractivity contribution >= 4 is 30.0 Å². The highest BCUT2D eigenvalue weighted by Crippen LogP contribution is 2.48. The van der Waals surface area contributed by atoms with Gasteiger partial charge in [0.25, 0.3) is 0 Å². The summed E-state index contributed by atoms with van der Waals surface area (Å²) < 4.78 is 13.8. The summed E-state index contributed by atoms with van der Waals surface area (Å²) in [5, 5.41) is 10.0. The first-order valence-electron chi connectivity index (χ1n) is 7.41. The summed E-state index contributed by atoms with van der Waals surface area (Å²) in [7, 11) is 0. The number of fused-ring (bicyclic) bond motifs is 1. The van der Waals surface area contributed by atoms with Crippen LogP contribution in [0.2, 0.25) is 5.02 Å². The molecule has 1 aromatic carbocycles. The molecule has 0 amide bonds. The number of carboxylic acid groups (broad SMARTS) is 1. The van der Waals surface area contributed by atoms with Gasteiger partial charge in [-0.2, -0.15) is 0 Å². The molecule has 1 aromatic rings. The number of carbonyl (C=O) groups is 1. The molecule has 2 aliphatic rings. The summed E-state index contributed by atoms with van der Waals surface area (Å²) in [6.07, 6.45) is 3.28. The van der Waals surface area contributed by atoms with Crippen molar-refractivity contribution in [3.63, 3.8) is 0 Å². The number of likely N-dealkylation sites (tertiary alicyclic amines) is 1. The van der Waals surface area contributed by atoms with E-state index >= 15 is 0 Å². The Kier molecular flexibility index (Phi) is 5.36. The van der Waals surface area contributed by atoms with E-state index in [4.69, 9.17) is 11.6 Å². The van der Waals surface area contributed by atoms with Crippen molar-refractivity contribution in [2.45, 2.75) is 25.7 Å². The third kappa shape index (κ3) is 2.97. The standard InChI is InChI=1S/C16H19ClFNO2.ClH/c17-13-4-1-5-14(18)12(13)6-8-19-9-11-3-2-7-16(11,10-19)15(20)21;/h1,4-5,11H,2-3,6-10H2,(H,20,21);1H/t11-,16+;/m0./s1. The average molecular weight is 348 g/mol. The van der Waals surface area contributed by atoms with Crippen molar-refractivity contribution in [2.24, 2.45) is 11.3 Å². The molecule has 0 unspecified atom stereocenters. The van der Waals surface area contributed by atoms with Gasteiger partial charge in [0.15, 0.2) is 0 Å². The predicted molar refractivity (Wildman–Crippen MR) is 86.2 cm³/mol. The molecule has 2 atom stereocenters. The largest absolute Gasteiger partial charge is 0.481 e. The smallest absolute Gasteiger partial charge is 0.311 e. The van der Waals surface area contributed by atoms with Crippen LogP contribution >= 0.6 is 24.0 Å². The fourth-order valence-electron chi connectivity index (χ4n) is 3.95. The molecule has 3 nitrogen and oxygen atoms in total. The van der Waals surface area contributed by atoms with Crippen molar-refractivity contribution < 1.29 is 14.3 Å². The van der Waals surface area contributed by atoms with E-state index in [0.29, 0.717) is 30.1 Å². The van der Waals surface area contributed by atoms with E-state index < -0.39 is 11.4 Å². The first-order chi connectivity index (χ1) is 10.0. The zero-order chi connectivity index (χ0) is 15.0. The van der Waals surface area contributed by atoms with Crippen LogP contribution in [-0.2, 0) is 11.2 Å². The summed E-state index contributed by atoms with van der Waals surface area (Å²) in [5.74, 6) is -0.711. The Morgan fingerprint density at radius 2 is 2.27 bits per heavy atom. The first-order valence-corrected chi connectivity index (χ1v) is 7.79. The van der Waals surface area contributed by atoms with Gasteiger partial charge in [-0.05, 0) is 37.3 Å². The average Bonchev–Trinajstić information content (AvgIpc) is 2.95. The molecule has 1 N–H and O–H groups in total. The highest BCUT2D eigenvalue weighted by Gasteiger charge is 2.54. The number of aliphatic carboxylic acids is 1. The molecule has 122 valence electrons. The van der Waals surface area contributed by atoms with Crippen LogP contribution in [0.5, 0.6) is 0 Å². The monoisotopic (exact) mass is 347 g/mol.